The number of carboxylic acid groups (broad SMARTS) is 2. The number of guanidine groups is 1. The third-order valence-corrected chi connectivity index (χ3v) is 6.92. The molecule has 0 aliphatic carbocycles. The van der Waals surface area contributed by atoms with Crippen LogP contribution in [0.3, 0.4) is 0 Å². The number of carbonyl (C=O) groups excluding carboxylic acids is 2. The minimum atomic E-state index is -1.21. The molecular formula is C28H24N4O7S. The molecular weight excluding hydrogens is 536 g/mol. The fourth-order valence-corrected chi connectivity index (χ4v) is 4.68. The smallest absolute Gasteiger partial charge is 0.345 e. The number of esters is 1. The quantitative estimate of drug-likeness (QED) is 0.102. The Bertz CT molecular complexity index is 1640. The maximum absolute atomic E-state index is 13.6. The van der Waals surface area contributed by atoms with E-state index >= 15 is 0 Å². The Hall–Kier alpha value is -5.23. The molecule has 4 rings (SSSR count). The lowest BCUT2D eigenvalue weighted by atomic mass is 10.0. The van der Waals surface area contributed by atoms with Crippen molar-refractivity contribution in [1.82, 2.24) is 4.90 Å². The summed E-state index contributed by atoms with van der Waals surface area (Å²) in [6.45, 7) is 1.29. The number of benzene rings is 3. The molecule has 0 radical (unpaired) electrons. The predicted molar refractivity (Wildman–Crippen MR) is 149 cm³/mol. The molecule has 12 heteroatoms. The van der Waals surface area contributed by atoms with Gasteiger partial charge in [0.1, 0.15) is 16.7 Å². The number of hydrogen-bond donors (Lipinski definition) is 4. The number of carbonyl (C=O) groups is 4. The fraction of sp³-hybridized carbons (Fsp3) is 0.107. The number of hydrogen-bond acceptors (Lipinski definition) is 7. The molecule has 6 N–H and O–H groups in total. The van der Waals surface area contributed by atoms with Crippen LogP contribution in [0.4, 0.5) is 5.69 Å². The highest BCUT2D eigenvalue weighted by molar-refractivity contribution is 7.12. The van der Waals surface area contributed by atoms with Gasteiger partial charge >= 0.3 is 17.9 Å². The normalized spacial score (nSPS) is 11.4. The van der Waals surface area contributed by atoms with Gasteiger partial charge in [0.05, 0.1) is 11.3 Å². The Balaban J connectivity index is 1.59. The van der Waals surface area contributed by atoms with Crippen LogP contribution >= 0.6 is 11.3 Å². The van der Waals surface area contributed by atoms with Crippen LogP contribution in [0.5, 0.6) is 5.75 Å². The van der Waals surface area contributed by atoms with Gasteiger partial charge in [0.15, 0.2) is 5.96 Å². The summed E-state index contributed by atoms with van der Waals surface area (Å²) in [5.74, 6) is -3.33. The molecule has 3 aromatic carbocycles. The highest BCUT2D eigenvalue weighted by Crippen LogP contribution is 2.27. The number of fused-ring (bicyclic) bond motifs is 1. The second kappa shape index (κ2) is 11.7. The number of thiophene rings is 1. The standard InChI is InChI=1S/C28H24N4O7S/c1-15(25(34)35)32(13-16-11-23(26(36)37)40-14-16)24(33)22-4-2-3-18-12-20(9-10-21(18)22)39-27(38)17-5-7-19(8-6-17)31-28(29)30/h2-12,14-15H,13H2,1H3,(H,34,35)(H,36,37)(H4,29,30,31)/t15-/m1/s1. The Labute approximate surface area is 231 Å². The summed E-state index contributed by atoms with van der Waals surface area (Å²) in [5.41, 5.74) is 12.2. The van der Waals surface area contributed by atoms with Gasteiger partial charge in [-0.2, -0.15) is 0 Å². The first-order valence-electron chi connectivity index (χ1n) is 11.8. The minimum absolute atomic E-state index is 0.0855. The number of rotatable bonds is 9. The van der Waals surface area contributed by atoms with E-state index in [1.807, 2.05) is 0 Å². The summed E-state index contributed by atoms with van der Waals surface area (Å²) in [5, 5.41) is 21.5. The number of aromatic carboxylic acids is 1. The van der Waals surface area contributed by atoms with Crippen molar-refractivity contribution < 1.29 is 34.1 Å². The van der Waals surface area contributed by atoms with Crippen LogP contribution in [0, 0.1) is 0 Å². The molecule has 1 amide bonds. The summed E-state index contributed by atoms with van der Waals surface area (Å²) in [4.78, 5) is 54.5. The predicted octanol–water partition coefficient (Wildman–Crippen LogP) is 3.84. The van der Waals surface area contributed by atoms with Crippen LogP contribution in [0.1, 0.15) is 42.9 Å². The van der Waals surface area contributed by atoms with Crippen molar-refractivity contribution >= 4 is 57.6 Å². The van der Waals surface area contributed by atoms with Gasteiger partial charge in [0.2, 0.25) is 0 Å². The van der Waals surface area contributed by atoms with E-state index in [1.165, 1.54) is 36.1 Å². The van der Waals surface area contributed by atoms with Gasteiger partial charge in [-0.3, -0.25) is 4.79 Å². The minimum Gasteiger partial charge on any atom is -0.480 e. The molecule has 0 fully saturated rings. The van der Waals surface area contributed by atoms with Crippen LogP contribution in [-0.2, 0) is 11.3 Å². The number of nitrogens with zero attached hydrogens (tertiary/aromatic N) is 2. The lowest BCUT2D eigenvalue weighted by Gasteiger charge is -2.27. The third kappa shape index (κ3) is 6.25. The fourth-order valence-electron chi connectivity index (χ4n) is 3.94. The van der Waals surface area contributed by atoms with Gasteiger partial charge in [0.25, 0.3) is 5.91 Å². The molecule has 11 nitrogen and oxygen atoms in total. The first kappa shape index (κ1) is 27.8. The van der Waals surface area contributed by atoms with E-state index < -0.39 is 29.9 Å². The second-order valence-electron chi connectivity index (χ2n) is 8.73. The molecule has 0 spiro atoms. The van der Waals surface area contributed by atoms with E-state index in [2.05, 4.69) is 4.99 Å². The molecule has 1 aromatic heterocycles. The summed E-state index contributed by atoms with van der Waals surface area (Å²) >= 11 is 0.995. The topological polar surface area (TPSA) is 186 Å². The van der Waals surface area contributed by atoms with Crippen molar-refractivity contribution in [2.75, 3.05) is 0 Å². The first-order chi connectivity index (χ1) is 19.0. The Morgan fingerprint density at radius 2 is 1.73 bits per heavy atom. The largest absolute Gasteiger partial charge is 0.480 e. The Kier molecular flexibility index (Phi) is 8.10. The van der Waals surface area contributed by atoms with E-state index in [0.29, 0.717) is 22.0 Å². The highest BCUT2D eigenvalue weighted by Gasteiger charge is 2.28. The summed E-state index contributed by atoms with van der Waals surface area (Å²) < 4.78 is 5.50. The van der Waals surface area contributed by atoms with Crippen molar-refractivity contribution in [1.29, 1.82) is 0 Å². The van der Waals surface area contributed by atoms with Crippen molar-refractivity contribution in [3.8, 4) is 5.75 Å². The SMILES string of the molecule is C[C@H](C(=O)O)N(Cc1csc(C(=O)O)c1)C(=O)c1cccc2cc(OC(=O)c3ccc(N=C(N)N)cc3)ccc12. The molecule has 0 bridgehead atoms. The monoisotopic (exact) mass is 560 g/mol. The van der Waals surface area contributed by atoms with Crippen LogP contribution in [0.15, 0.2) is 77.1 Å². The zero-order valence-electron chi connectivity index (χ0n) is 21.1. The average molecular weight is 561 g/mol. The van der Waals surface area contributed by atoms with E-state index in [-0.39, 0.29) is 34.3 Å². The zero-order valence-corrected chi connectivity index (χ0v) is 21.9. The molecule has 1 heterocycles. The van der Waals surface area contributed by atoms with Crippen molar-refractivity contribution in [2.45, 2.75) is 19.5 Å². The van der Waals surface area contributed by atoms with Gasteiger partial charge in [-0.25, -0.2) is 19.4 Å². The molecule has 0 saturated carbocycles. The molecule has 204 valence electrons. The average Bonchev–Trinajstić information content (AvgIpc) is 3.39. The van der Waals surface area contributed by atoms with Crippen molar-refractivity contribution in [3.05, 3.63) is 93.7 Å². The Morgan fingerprint density at radius 3 is 2.35 bits per heavy atom. The van der Waals surface area contributed by atoms with Gasteiger partial charge in [0, 0.05) is 12.1 Å². The van der Waals surface area contributed by atoms with Crippen LogP contribution in [0.2, 0.25) is 0 Å². The van der Waals surface area contributed by atoms with Crippen LogP contribution < -0.4 is 16.2 Å². The molecule has 1 atom stereocenters. The molecule has 0 unspecified atom stereocenters. The van der Waals surface area contributed by atoms with Gasteiger partial charge in [-0.15, -0.1) is 11.3 Å². The Morgan fingerprint density at radius 1 is 1.00 bits per heavy atom. The molecule has 0 saturated heterocycles. The van der Waals surface area contributed by atoms with E-state index in [9.17, 15) is 29.4 Å². The number of aliphatic imine (C=N–C) groups is 1. The van der Waals surface area contributed by atoms with Crippen molar-refractivity contribution in [3.63, 3.8) is 0 Å². The van der Waals surface area contributed by atoms with E-state index in [1.54, 1.807) is 47.8 Å². The second-order valence-corrected chi connectivity index (χ2v) is 9.64. The summed E-state index contributed by atoms with van der Waals surface area (Å²) in [6, 6.07) is 16.1. The maximum atomic E-state index is 13.6. The maximum Gasteiger partial charge on any atom is 0.345 e. The molecule has 0 aliphatic rings. The molecule has 0 aliphatic heterocycles. The van der Waals surface area contributed by atoms with E-state index in [0.717, 1.165) is 11.3 Å². The highest BCUT2D eigenvalue weighted by atomic mass is 32.1. The summed E-state index contributed by atoms with van der Waals surface area (Å²) in [6.07, 6.45) is 0. The molecule has 4 aromatic rings. The number of amides is 1. The number of aliphatic carboxylic acids is 1. The van der Waals surface area contributed by atoms with Crippen LogP contribution in [-0.4, -0.2) is 50.9 Å². The molecule has 40 heavy (non-hydrogen) atoms. The van der Waals surface area contributed by atoms with Gasteiger partial charge in [-0.1, -0.05) is 12.1 Å². The zero-order chi connectivity index (χ0) is 29.0. The van der Waals surface area contributed by atoms with Gasteiger partial charge in [-0.05, 0) is 83.2 Å². The summed E-state index contributed by atoms with van der Waals surface area (Å²) in [7, 11) is 0. The van der Waals surface area contributed by atoms with Crippen LogP contribution in [0.25, 0.3) is 10.8 Å². The first-order valence-corrected chi connectivity index (χ1v) is 12.7. The lowest BCUT2D eigenvalue weighted by Crippen LogP contribution is -2.42. The number of carboxylic acids is 2. The van der Waals surface area contributed by atoms with E-state index in [4.69, 9.17) is 16.2 Å². The number of nitrogens with two attached hydrogens (primary N) is 2. The lowest BCUT2D eigenvalue weighted by molar-refractivity contribution is -0.141. The number of ether oxygens (including phenoxy) is 1. The van der Waals surface area contributed by atoms with Gasteiger partial charge < -0.3 is 31.3 Å². The third-order valence-electron chi connectivity index (χ3n) is 5.96. The van der Waals surface area contributed by atoms with Crippen molar-refractivity contribution in [2.24, 2.45) is 16.5 Å².